The number of halogens is 1. The van der Waals surface area contributed by atoms with Crippen LogP contribution in [0.5, 0.6) is 0 Å². The van der Waals surface area contributed by atoms with Gasteiger partial charge in [0, 0.05) is 12.1 Å². The standard InChI is InChI=1S/C18H27FN2O/c19-15-4-1-3-14(11-15)13-6-8-16(9-7-13)22-12-18-17(20)5-2-10-21-18/h1,3-4,11,13,16-18,21H,2,5-10,12,20H2. The fourth-order valence-corrected chi connectivity index (χ4v) is 3.72. The summed E-state index contributed by atoms with van der Waals surface area (Å²) in [5, 5.41) is 3.46. The highest BCUT2D eigenvalue weighted by atomic mass is 19.1. The lowest BCUT2D eigenvalue weighted by atomic mass is 9.82. The van der Waals surface area contributed by atoms with Crippen LogP contribution in [-0.2, 0) is 4.74 Å². The molecular weight excluding hydrogens is 279 g/mol. The van der Waals surface area contributed by atoms with Crippen molar-refractivity contribution in [3.63, 3.8) is 0 Å². The molecule has 0 spiro atoms. The van der Waals surface area contributed by atoms with Gasteiger partial charge in [0.15, 0.2) is 0 Å². The van der Waals surface area contributed by atoms with E-state index in [2.05, 4.69) is 5.32 Å². The minimum atomic E-state index is -0.131. The first kappa shape index (κ1) is 15.9. The maximum Gasteiger partial charge on any atom is 0.123 e. The Morgan fingerprint density at radius 2 is 2.00 bits per heavy atom. The quantitative estimate of drug-likeness (QED) is 0.899. The molecule has 2 aliphatic rings. The Morgan fingerprint density at radius 1 is 1.18 bits per heavy atom. The van der Waals surface area contributed by atoms with Gasteiger partial charge in [0.25, 0.3) is 0 Å². The van der Waals surface area contributed by atoms with Gasteiger partial charge in [-0.05, 0) is 68.7 Å². The van der Waals surface area contributed by atoms with Crippen LogP contribution in [0, 0.1) is 5.82 Å². The van der Waals surface area contributed by atoms with Crippen LogP contribution in [0.3, 0.4) is 0 Å². The predicted octanol–water partition coefficient (Wildman–Crippen LogP) is 2.95. The summed E-state index contributed by atoms with van der Waals surface area (Å²) >= 11 is 0. The smallest absolute Gasteiger partial charge is 0.123 e. The van der Waals surface area contributed by atoms with Crippen molar-refractivity contribution in [2.45, 2.75) is 62.6 Å². The molecule has 1 saturated heterocycles. The second-order valence-electron chi connectivity index (χ2n) is 6.73. The van der Waals surface area contributed by atoms with Crippen LogP contribution in [0.1, 0.15) is 50.0 Å². The van der Waals surface area contributed by atoms with Crippen LogP contribution in [0.4, 0.5) is 4.39 Å². The van der Waals surface area contributed by atoms with Gasteiger partial charge < -0.3 is 15.8 Å². The maximum atomic E-state index is 13.3. The Bertz CT molecular complexity index is 474. The molecule has 1 aliphatic heterocycles. The molecule has 1 saturated carbocycles. The van der Waals surface area contributed by atoms with Crippen molar-refractivity contribution in [1.29, 1.82) is 0 Å². The van der Waals surface area contributed by atoms with Gasteiger partial charge in [0.2, 0.25) is 0 Å². The SMILES string of the molecule is NC1CCCNC1COC1CCC(c2cccc(F)c2)CC1. The zero-order valence-electron chi connectivity index (χ0n) is 13.1. The van der Waals surface area contributed by atoms with Crippen LogP contribution < -0.4 is 11.1 Å². The molecule has 0 aromatic heterocycles. The Balaban J connectivity index is 1.44. The Morgan fingerprint density at radius 3 is 2.73 bits per heavy atom. The molecule has 22 heavy (non-hydrogen) atoms. The molecule has 3 rings (SSSR count). The van der Waals surface area contributed by atoms with E-state index in [0.717, 1.165) is 57.2 Å². The lowest BCUT2D eigenvalue weighted by Crippen LogP contribution is -2.52. The number of hydrogen-bond acceptors (Lipinski definition) is 3. The minimum Gasteiger partial charge on any atom is -0.377 e. The van der Waals surface area contributed by atoms with Crippen molar-refractivity contribution in [2.24, 2.45) is 5.73 Å². The van der Waals surface area contributed by atoms with E-state index >= 15 is 0 Å². The van der Waals surface area contributed by atoms with Crippen molar-refractivity contribution in [1.82, 2.24) is 5.32 Å². The molecule has 0 bridgehead atoms. The molecule has 2 fully saturated rings. The number of nitrogens with one attached hydrogen (secondary N) is 1. The number of nitrogens with two attached hydrogens (primary N) is 1. The van der Waals surface area contributed by atoms with Crippen LogP contribution in [-0.4, -0.2) is 31.3 Å². The molecule has 1 aromatic carbocycles. The fraction of sp³-hybridized carbons (Fsp3) is 0.667. The molecule has 3 nitrogen and oxygen atoms in total. The average Bonchev–Trinajstić information content (AvgIpc) is 2.55. The summed E-state index contributed by atoms with van der Waals surface area (Å²) in [6.45, 7) is 1.77. The second-order valence-corrected chi connectivity index (χ2v) is 6.73. The number of rotatable bonds is 4. The van der Waals surface area contributed by atoms with Crippen LogP contribution in [0.2, 0.25) is 0 Å². The highest BCUT2D eigenvalue weighted by Gasteiger charge is 2.26. The monoisotopic (exact) mass is 306 g/mol. The zero-order chi connectivity index (χ0) is 15.4. The molecule has 1 aliphatic carbocycles. The highest BCUT2D eigenvalue weighted by molar-refractivity contribution is 5.21. The van der Waals surface area contributed by atoms with Crippen molar-refractivity contribution in [2.75, 3.05) is 13.2 Å². The predicted molar refractivity (Wildman–Crippen MR) is 86.3 cm³/mol. The van der Waals surface area contributed by atoms with Gasteiger partial charge >= 0.3 is 0 Å². The lowest BCUT2D eigenvalue weighted by molar-refractivity contribution is 0.00619. The third kappa shape index (κ3) is 4.06. The molecule has 0 radical (unpaired) electrons. The summed E-state index contributed by atoms with van der Waals surface area (Å²) in [5.74, 6) is 0.346. The topological polar surface area (TPSA) is 47.3 Å². The largest absolute Gasteiger partial charge is 0.377 e. The molecule has 1 heterocycles. The molecule has 4 heteroatoms. The van der Waals surface area contributed by atoms with Crippen LogP contribution in [0.15, 0.2) is 24.3 Å². The molecule has 122 valence electrons. The van der Waals surface area contributed by atoms with Gasteiger partial charge in [-0.15, -0.1) is 0 Å². The van der Waals surface area contributed by atoms with E-state index in [9.17, 15) is 4.39 Å². The van der Waals surface area contributed by atoms with Gasteiger partial charge in [0.1, 0.15) is 5.82 Å². The van der Waals surface area contributed by atoms with E-state index in [1.165, 1.54) is 6.07 Å². The van der Waals surface area contributed by atoms with E-state index in [1.54, 1.807) is 6.07 Å². The van der Waals surface area contributed by atoms with E-state index < -0.39 is 0 Å². The summed E-state index contributed by atoms with van der Waals surface area (Å²) in [5.41, 5.74) is 7.26. The van der Waals surface area contributed by atoms with Gasteiger partial charge in [-0.1, -0.05) is 12.1 Å². The summed E-state index contributed by atoms with van der Waals surface area (Å²) < 4.78 is 19.4. The van der Waals surface area contributed by atoms with E-state index in [0.29, 0.717) is 18.1 Å². The zero-order valence-corrected chi connectivity index (χ0v) is 13.1. The number of piperidine rings is 1. The summed E-state index contributed by atoms with van der Waals surface area (Å²) in [4.78, 5) is 0. The normalized spacial score (nSPS) is 32.8. The van der Waals surface area contributed by atoms with E-state index in [-0.39, 0.29) is 11.9 Å². The van der Waals surface area contributed by atoms with E-state index in [1.807, 2.05) is 12.1 Å². The first-order valence-electron chi connectivity index (χ1n) is 8.58. The Hall–Kier alpha value is -0.970. The molecular formula is C18H27FN2O. The Labute approximate surface area is 132 Å². The third-order valence-electron chi connectivity index (χ3n) is 5.14. The summed E-state index contributed by atoms with van der Waals surface area (Å²) in [6, 6.07) is 7.56. The molecule has 2 unspecified atom stereocenters. The van der Waals surface area contributed by atoms with Gasteiger partial charge in [-0.25, -0.2) is 4.39 Å². The first-order valence-corrected chi connectivity index (χ1v) is 8.58. The van der Waals surface area contributed by atoms with Crippen molar-refractivity contribution >= 4 is 0 Å². The van der Waals surface area contributed by atoms with E-state index in [4.69, 9.17) is 10.5 Å². The highest BCUT2D eigenvalue weighted by Crippen LogP contribution is 2.34. The average molecular weight is 306 g/mol. The first-order chi connectivity index (χ1) is 10.7. The third-order valence-corrected chi connectivity index (χ3v) is 5.14. The van der Waals surface area contributed by atoms with Crippen molar-refractivity contribution in [3.05, 3.63) is 35.6 Å². The fourth-order valence-electron chi connectivity index (χ4n) is 3.72. The maximum absolute atomic E-state index is 13.3. The molecule has 0 amide bonds. The molecule has 2 atom stereocenters. The molecule has 1 aromatic rings. The van der Waals surface area contributed by atoms with Gasteiger partial charge in [0.05, 0.1) is 12.7 Å². The molecule has 3 N–H and O–H groups in total. The second kappa shape index (κ2) is 7.53. The summed E-state index contributed by atoms with van der Waals surface area (Å²) in [6.07, 6.45) is 6.87. The van der Waals surface area contributed by atoms with Crippen LogP contribution >= 0.6 is 0 Å². The number of ether oxygens (including phenoxy) is 1. The Kier molecular flexibility index (Phi) is 5.45. The van der Waals surface area contributed by atoms with Crippen molar-refractivity contribution in [3.8, 4) is 0 Å². The summed E-state index contributed by atoms with van der Waals surface area (Å²) in [7, 11) is 0. The minimum absolute atomic E-state index is 0.131. The number of hydrogen-bond donors (Lipinski definition) is 2. The van der Waals surface area contributed by atoms with Crippen LogP contribution in [0.25, 0.3) is 0 Å². The van der Waals surface area contributed by atoms with Crippen molar-refractivity contribution < 1.29 is 9.13 Å². The lowest BCUT2D eigenvalue weighted by Gasteiger charge is -2.33. The number of benzene rings is 1. The van der Waals surface area contributed by atoms with Gasteiger partial charge in [-0.2, -0.15) is 0 Å². The van der Waals surface area contributed by atoms with Gasteiger partial charge in [-0.3, -0.25) is 0 Å².